The first kappa shape index (κ1) is 11.2. The molecule has 78 valence electrons. The van der Waals surface area contributed by atoms with Crippen molar-refractivity contribution in [1.29, 1.82) is 0 Å². The standard InChI is InChI=1S/C12H18O2/c1-10-5-6-11(2)12(8-10)4-3-7-14-9-13/h5-6,8,13H,3-4,7,9H2,1-2H3. The largest absolute Gasteiger partial charge is 0.371 e. The Bertz CT molecular complexity index is 282. The first-order chi connectivity index (χ1) is 6.74. The van der Waals surface area contributed by atoms with E-state index < -0.39 is 0 Å². The predicted molar refractivity (Wildman–Crippen MR) is 57.3 cm³/mol. The van der Waals surface area contributed by atoms with Crippen molar-refractivity contribution < 1.29 is 9.84 Å². The molecule has 0 unspecified atom stereocenters. The molecular formula is C12H18O2. The highest BCUT2D eigenvalue weighted by atomic mass is 16.6. The fourth-order valence-corrected chi connectivity index (χ4v) is 1.50. The second-order valence-electron chi connectivity index (χ2n) is 3.57. The fraction of sp³-hybridized carbons (Fsp3) is 0.500. The van der Waals surface area contributed by atoms with E-state index in [4.69, 9.17) is 9.84 Å². The number of rotatable bonds is 5. The summed E-state index contributed by atoms with van der Waals surface area (Å²) in [6.45, 7) is 4.69. The summed E-state index contributed by atoms with van der Waals surface area (Å²) in [5.74, 6) is 0. The normalized spacial score (nSPS) is 10.5. The van der Waals surface area contributed by atoms with Gasteiger partial charge in [-0.05, 0) is 37.8 Å². The number of aliphatic hydroxyl groups is 1. The van der Waals surface area contributed by atoms with Crippen molar-refractivity contribution in [3.8, 4) is 0 Å². The molecule has 0 spiro atoms. The maximum absolute atomic E-state index is 8.44. The van der Waals surface area contributed by atoms with E-state index in [9.17, 15) is 0 Å². The van der Waals surface area contributed by atoms with Crippen molar-refractivity contribution >= 4 is 0 Å². The molecule has 2 nitrogen and oxygen atoms in total. The van der Waals surface area contributed by atoms with Crippen molar-refractivity contribution in [1.82, 2.24) is 0 Å². The lowest BCUT2D eigenvalue weighted by atomic mass is 10.0. The number of hydrogen-bond donors (Lipinski definition) is 1. The monoisotopic (exact) mass is 194 g/mol. The Kier molecular flexibility index (Phi) is 4.63. The van der Waals surface area contributed by atoms with Crippen LogP contribution in [0.25, 0.3) is 0 Å². The summed E-state index contributed by atoms with van der Waals surface area (Å²) in [4.78, 5) is 0. The lowest BCUT2D eigenvalue weighted by Gasteiger charge is -2.06. The smallest absolute Gasteiger partial charge is 0.143 e. The van der Waals surface area contributed by atoms with Crippen molar-refractivity contribution in [2.75, 3.05) is 13.4 Å². The molecule has 1 rings (SSSR count). The van der Waals surface area contributed by atoms with Crippen molar-refractivity contribution in [3.05, 3.63) is 34.9 Å². The summed E-state index contributed by atoms with van der Waals surface area (Å²) in [5, 5.41) is 8.44. The van der Waals surface area contributed by atoms with Crippen LogP contribution in [0.4, 0.5) is 0 Å². The highest BCUT2D eigenvalue weighted by Gasteiger charge is 1.98. The molecule has 1 aromatic rings. The Hall–Kier alpha value is -0.860. The van der Waals surface area contributed by atoms with Crippen LogP contribution in [0.15, 0.2) is 18.2 Å². The Labute approximate surface area is 85.5 Å². The van der Waals surface area contributed by atoms with E-state index in [1.54, 1.807) is 0 Å². The highest BCUT2D eigenvalue weighted by Crippen LogP contribution is 2.12. The SMILES string of the molecule is Cc1ccc(C)c(CCCOCO)c1. The first-order valence-electron chi connectivity index (χ1n) is 4.99. The lowest BCUT2D eigenvalue weighted by Crippen LogP contribution is -1.98. The minimum atomic E-state index is -0.174. The number of hydrogen-bond acceptors (Lipinski definition) is 2. The van der Waals surface area contributed by atoms with Gasteiger partial charge in [0, 0.05) is 6.61 Å². The van der Waals surface area contributed by atoms with Gasteiger partial charge in [-0.3, -0.25) is 0 Å². The topological polar surface area (TPSA) is 29.5 Å². The van der Waals surface area contributed by atoms with Gasteiger partial charge in [0.1, 0.15) is 6.79 Å². The third kappa shape index (κ3) is 3.48. The van der Waals surface area contributed by atoms with Crippen molar-refractivity contribution in [3.63, 3.8) is 0 Å². The summed E-state index contributed by atoms with van der Waals surface area (Å²) in [6.07, 6.45) is 1.98. The highest BCUT2D eigenvalue weighted by molar-refractivity contribution is 5.30. The summed E-state index contributed by atoms with van der Waals surface area (Å²) >= 11 is 0. The van der Waals surface area contributed by atoms with Crippen LogP contribution in [0.1, 0.15) is 23.1 Å². The molecule has 0 aliphatic rings. The minimum Gasteiger partial charge on any atom is -0.371 e. The molecule has 0 saturated heterocycles. The third-order valence-corrected chi connectivity index (χ3v) is 2.33. The van der Waals surface area contributed by atoms with Gasteiger partial charge in [-0.15, -0.1) is 0 Å². The van der Waals surface area contributed by atoms with Crippen LogP contribution in [0.5, 0.6) is 0 Å². The Morgan fingerprint density at radius 2 is 2.07 bits per heavy atom. The molecule has 0 bridgehead atoms. The summed E-state index contributed by atoms with van der Waals surface area (Å²) in [7, 11) is 0. The second kappa shape index (κ2) is 5.78. The van der Waals surface area contributed by atoms with Crippen molar-refractivity contribution in [2.45, 2.75) is 26.7 Å². The van der Waals surface area contributed by atoms with Gasteiger partial charge >= 0.3 is 0 Å². The van der Waals surface area contributed by atoms with Crippen LogP contribution in [-0.4, -0.2) is 18.5 Å². The van der Waals surface area contributed by atoms with Gasteiger partial charge in [0.05, 0.1) is 0 Å². The zero-order valence-corrected chi connectivity index (χ0v) is 8.92. The predicted octanol–water partition coefficient (Wildman–Crippen LogP) is 2.20. The van der Waals surface area contributed by atoms with Crippen molar-refractivity contribution in [2.24, 2.45) is 0 Å². The molecule has 0 saturated carbocycles. The average molecular weight is 194 g/mol. The molecule has 0 fully saturated rings. The van der Waals surface area contributed by atoms with E-state index in [1.807, 2.05) is 0 Å². The van der Waals surface area contributed by atoms with Crippen LogP contribution >= 0.6 is 0 Å². The lowest BCUT2D eigenvalue weighted by molar-refractivity contribution is -0.00209. The molecule has 1 aromatic carbocycles. The van der Waals surface area contributed by atoms with Crippen LogP contribution in [0.2, 0.25) is 0 Å². The quantitative estimate of drug-likeness (QED) is 0.575. The van der Waals surface area contributed by atoms with Crippen LogP contribution in [0, 0.1) is 13.8 Å². The van der Waals surface area contributed by atoms with Gasteiger partial charge in [0.2, 0.25) is 0 Å². The first-order valence-corrected chi connectivity index (χ1v) is 4.99. The van der Waals surface area contributed by atoms with Crippen LogP contribution in [-0.2, 0) is 11.2 Å². The molecule has 0 aliphatic heterocycles. The molecule has 14 heavy (non-hydrogen) atoms. The van der Waals surface area contributed by atoms with Gasteiger partial charge in [-0.25, -0.2) is 0 Å². The average Bonchev–Trinajstić information content (AvgIpc) is 2.18. The molecule has 0 aromatic heterocycles. The minimum absolute atomic E-state index is 0.174. The van der Waals surface area contributed by atoms with E-state index in [-0.39, 0.29) is 6.79 Å². The van der Waals surface area contributed by atoms with E-state index in [0.29, 0.717) is 6.61 Å². The summed E-state index contributed by atoms with van der Waals surface area (Å²) < 4.78 is 4.88. The number of aryl methyl sites for hydroxylation is 3. The Morgan fingerprint density at radius 1 is 1.29 bits per heavy atom. The maximum atomic E-state index is 8.44. The molecule has 0 atom stereocenters. The summed E-state index contributed by atoms with van der Waals surface area (Å²) in [6, 6.07) is 6.49. The summed E-state index contributed by atoms with van der Waals surface area (Å²) in [5.41, 5.74) is 4.01. The Balaban J connectivity index is 2.45. The molecule has 0 radical (unpaired) electrons. The van der Waals surface area contributed by atoms with Gasteiger partial charge in [-0.2, -0.15) is 0 Å². The zero-order valence-electron chi connectivity index (χ0n) is 8.92. The molecule has 0 heterocycles. The fourth-order valence-electron chi connectivity index (χ4n) is 1.50. The number of benzene rings is 1. The van der Waals surface area contributed by atoms with Gasteiger partial charge in [0.15, 0.2) is 0 Å². The van der Waals surface area contributed by atoms with Gasteiger partial charge in [-0.1, -0.05) is 23.8 Å². The van der Waals surface area contributed by atoms with Gasteiger partial charge in [0.25, 0.3) is 0 Å². The van der Waals surface area contributed by atoms with Crippen LogP contribution in [0.3, 0.4) is 0 Å². The van der Waals surface area contributed by atoms with E-state index in [1.165, 1.54) is 16.7 Å². The third-order valence-electron chi connectivity index (χ3n) is 2.33. The molecule has 1 N–H and O–H groups in total. The van der Waals surface area contributed by atoms with Gasteiger partial charge < -0.3 is 9.84 Å². The molecular weight excluding hydrogens is 176 g/mol. The van der Waals surface area contributed by atoms with E-state index in [0.717, 1.165) is 12.8 Å². The maximum Gasteiger partial charge on any atom is 0.143 e. The van der Waals surface area contributed by atoms with E-state index >= 15 is 0 Å². The van der Waals surface area contributed by atoms with E-state index in [2.05, 4.69) is 32.0 Å². The van der Waals surface area contributed by atoms with Crippen LogP contribution < -0.4 is 0 Å². The number of ether oxygens (including phenoxy) is 1. The zero-order chi connectivity index (χ0) is 10.4. The number of aliphatic hydroxyl groups excluding tert-OH is 1. The molecule has 0 aliphatic carbocycles. The molecule has 2 heteroatoms. The molecule has 0 amide bonds. The second-order valence-corrected chi connectivity index (χ2v) is 3.57. The Morgan fingerprint density at radius 3 is 2.79 bits per heavy atom.